The molecule has 0 aliphatic carbocycles. The minimum absolute atomic E-state index is 0.165. The Morgan fingerprint density at radius 1 is 1.56 bits per heavy atom. The number of alkyl carbamates (subject to hydrolysis) is 1. The predicted octanol–water partition coefficient (Wildman–Crippen LogP) is 1.61. The molecule has 4 nitrogen and oxygen atoms in total. The van der Waals surface area contributed by atoms with Gasteiger partial charge in [-0.15, -0.1) is 11.8 Å². The van der Waals surface area contributed by atoms with Crippen LogP contribution in [-0.2, 0) is 4.74 Å². The third-order valence-corrected chi connectivity index (χ3v) is 3.18. The lowest BCUT2D eigenvalue weighted by Gasteiger charge is -2.07. The summed E-state index contributed by atoms with van der Waals surface area (Å²) in [6.07, 6.45) is -0.564. The zero-order valence-electron chi connectivity index (χ0n) is 8.40. The summed E-state index contributed by atoms with van der Waals surface area (Å²) >= 11 is 1.41. The number of carbonyl (C=O) groups is 1. The number of hydrogen-bond acceptors (Lipinski definition) is 4. The molecule has 1 fully saturated rings. The van der Waals surface area contributed by atoms with Crippen LogP contribution in [0.3, 0.4) is 0 Å². The third-order valence-electron chi connectivity index (χ3n) is 2.08. The molecule has 0 bridgehead atoms. The van der Waals surface area contributed by atoms with E-state index in [-0.39, 0.29) is 11.9 Å². The molecule has 0 aromatic heterocycles. The maximum atomic E-state index is 13.0. The number of rotatable bonds is 3. The van der Waals surface area contributed by atoms with Crippen molar-refractivity contribution in [3.63, 3.8) is 0 Å². The Bertz CT molecular complexity index is 394. The number of carbonyl (C=O) groups excluding carboxylic acids is 1. The molecule has 6 heteroatoms. The lowest BCUT2D eigenvalue weighted by molar-refractivity contribution is 0.150. The van der Waals surface area contributed by atoms with Gasteiger partial charge in [-0.25, -0.2) is 9.18 Å². The Hall–Kier alpha value is -1.43. The summed E-state index contributed by atoms with van der Waals surface area (Å²) in [7, 11) is 0. The molecular formula is C10H11FN2O2S. The molecule has 1 atom stereocenters. The molecule has 0 radical (unpaired) electrons. The average molecular weight is 242 g/mol. The van der Waals surface area contributed by atoms with Crippen LogP contribution >= 0.6 is 11.8 Å². The monoisotopic (exact) mass is 242 g/mol. The number of thioether (sulfide) groups is 1. The number of ether oxygens (including phenoxy) is 1. The third kappa shape index (κ3) is 2.79. The van der Waals surface area contributed by atoms with E-state index in [1.165, 1.54) is 23.9 Å². The number of nitrogens with two attached hydrogens (primary N) is 1. The van der Waals surface area contributed by atoms with Gasteiger partial charge in [0.2, 0.25) is 0 Å². The summed E-state index contributed by atoms with van der Waals surface area (Å²) < 4.78 is 17.9. The van der Waals surface area contributed by atoms with Crippen molar-refractivity contribution in [1.82, 2.24) is 5.32 Å². The second-order valence-electron chi connectivity index (χ2n) is 3.44. The van der Waals surface area contributed by atoms with Gasteiger partial charge in [0.05, 0.1) is 6.54 Å². The largest absolute Gasteiger partial charge is 0.443 e. The Kier molecular flexibility index (Phi) is 3.19. The maximum Gasteiger partial charge on any atom is 0.407 e. The highest BCUT2D eigenvalue weighted by molar-refractivity contribution is 7.99. The summed E-state index contributed by atoms with van der Waals surface area (Å²) in [5.74, 6) is 0.228. The zero-order valence-corrected chi connectivity index (χ0v) is 9.22. The highest BCUT2D eigenvalue weighted by Gasteiger charge is 2.22. The molecule has 1 unspecified atom stereocenters. The van der Waals surface area contributed by atoms with Gasteiger partial charge in [-0.3, -0.25) is 0 Å². The second kappa shape index (κ2) is 4.61. The van der Waals surface area contributed by atoms with Gasteiger partial charge in [0, 0.05) is 16.3 Å². The van der Waals surface area contributed by atoms with Gasteiger partial charge in [-0.05, 0) is 18.2 Å². The molecule has 1 aliphatic rings. The van der Waals surface area contributed by atoms with Crippen molar-refractivity contribution in [1.29, 1.82) is 0 Å². The highest BCUT2D eigenvalue weighted by atomic mass is 32.2. The van der Waals surface area contributed by atoms with Crippen LogP contribution in [0.5, 0.6) is 0 Å². The van der Waals surface area contributed by atoms with Crippen molar-refractivity contribution in [3.05, 3.63) is 24.0 Å². The Morgan fingerprint density at radius 2 is 2.38 bits per heavy atom. The van der Waals surface area contributed by atoms with Gasteiger partial charge >= 0.3 is 6.09 Å². The van der Waals surface area contributed by atoms with E-state index >= 15 is 0 Å². The lowest BCUT2D eigenvalue weighted by atomic mass is 10.3. The van der Waals surface area contributed by atoms with Crippen molar-refractivity contribution < 1.29 is 13.9 Å². The summed E-state index contributed by atoms with van der Waals surface area (Å²) in [6, 6.07) is 4.37. The maximum absolute atomic E-state index is 13.0. The first-order valence-corrected chi connectivity index (χ1v) is 5.75. The zero-order chi connectivity index (χ0) is 11.5. The van der Waals surface area contributed by atoms with E-state index in [0.717, 1.165) is 4.90 Å². The summed E-state index contributed by atoms with van der Waals surface area (Å²) in [4.78, 5) is 11.5. The molecule has 0 spiro atoms. The molecule has 1 saturated heterocycles. The van der Waals surface area contributed by atoms with E-state index < -0.39 is 6.09 Å². The predicted molar refractivity (Wildman–Crippen MR) is 59.8 cm³/mol. The smallest absolute Gasteiger partial charge is 0.407 e. The van der Waals surface area contributed by atoms with E-state index in [0.29, 0.717) is 18.0 Å². The van der Waals surface area contributed by atoms with Crippen molar-refractivity contribution in [2.24, 2.45) is 0 Å². The van der Waals surface area contributed by atoms with Gasteiger partial charge in [-0.1, -0.05) is 0 Å². The quantitative estimate of drug-likeness (QED) is 0.624. The Labute approximate surface area is 96.3 Å². The van der Waals surface area contributed by atoms with Gasteiger partial charge in [0.1, 0.15) is 11.9 Å². The molecule has 1 aliphatic heterocycles. The molecule has 1 aromatic rings. The van der Waals surface area contributed by atoms with Gasteiger partial charge in [0.15, 0.2) is 0 Å². The Balaban J connectivity index is 1.91. The van der Waals surface area contributed by atoms with Gasteiger partial charge < -0.3 is 15.8 Å². The van der Waals surface area contributed by atoms with Crippen LogP contribution in [0.2, 0.25) is 0 Å². The standard InChI is InChI=1S/C10H11FN2O2S/c11-6-1-7(12)3-9(2-6)16-5-8-4-13-10(14)15-8/h1-3,8H,4-5,12H2,(H,13,14). The van der Waals surface area contributed by atoms with Crippen molar-refractivity contribution in [3.8, 4) is 0 Å². The van der Waals surface area contributed by atoms with Crippen LogP contribution in [0.4, 0.5) is 14.9 Å². The molecule has 0 saturated carbocycles. The first-order chi connectivity index (χ1) is 7.63. The van der Waals surface area contributed by atoms with Crippen molar-refractivity contribution in [2.75, 3.05) is 18.0 Å². The number of benzene rings is 1. The van der Waals surface area contributed by atoms with Gasteiger partial charge in [-0.2, -0.15) is 0 Å². The summed E-state index contributed by atoms with van der Waals surface area (Å²) in [5, 5.41) is 2.56. The number of amides is 1. The normalized spacial score (nSPS) is 19.3. The number of halogens is 1. The van der Waals surface area contributed by atoms with E-state index in [1.807, 2.05) is 0 Å². The first kappa shape index (κ1) is 11.1. The van der Waals surface area contributed by atoms with Gasteiger partial charge in [0.25, 0.3) is 0 Å². The fourth-order valence-corrected chi connectivity index (χ4v) is 2.36. The molecule has 2 rings (SSSR count). The average Bonchev–Trinajstić information content (AvgIpc) is 2.60. The van der Waals surface area contributed by atoms with E-state index in [9.17, 15) is 9.18 Å². The topological polar surface area (TPSA) is 64.3 Å². The van der Waals surface area contributed by atoms with Crippen LogP contribution in [0.1, 0.15) is 0 Å². The number of anilines is 1. The molecular weight excluding hydrogens is 231 g/mol. The molecule has 1 heterocycles. The fourth-order valence-electron chi connectivity index (χ4n) is 1.38. The highest BCUT2D eigenvalue weighted by Crippen LogP contribution is 2.23. The van der Waals surface area contributed by atoms with Crippen molar-refractivity contribution >= 4 is 23.5 Å². The molecule has 3 N–H and O–H groups in total. The SMILES string of the molecule is Nc1cc(F)cc(SCC2CNC(=O)O2)c1. The lowest BCUT2D eigenvalue weighted by Crippen LogP contribution is -2.16. The van der Waals surface area contributed by atoms with Crippen LogP contribution in [0.25, 0.3) is 0 Å². The second-order valence-corrected chi connectivity index (χ2v) is 4.53. The molecule has 1 amide bonds. The number of cyclic esters (lactones) is 1. The molecule has 16 heavy (non-hydrogen) atoms. The summed E-state index contributed by atoms with van der Waals surface area (Å²) in [5.41, 5.74) is 5.91. The Morgan fingerprint density at radius 3 is 3.00 bits per heavy atom. The molecule has 1 aromatic carbocycles. The minimum Gasteiger partial charge on any atom is -0.443 e. The van der Waals surface area contributed by atoms with Crippen molar-refractivity contribution in [2.45, 2.75) is 11.0 Å². The van der Waals surface area contributed by atoms with E-state index in [2.05, 4.69) is 5.32 Å². The van der Waals surface area contributed by atoms with Crippen LogP contribution in [0.15, 0.2) is 23.1 Å². The van der Waals surface area contributed by atoms with E-state index in [1.54, 1.807) is 6.07 Å². The fraction of sp³-hybridized carbons (Fsp3) is 0.300. The van der Waals surface area contributed by atoms with Crippen LogP contribution in [0, 0.1) is 5.82 Å². The van der Waals surface area contributed by atoms with E-state index in [4.69, 9.17) is 10.5 Å². The van der Waals surface area contributed by atoms with Crippen LogP contribution < -0.4 is 11.1 Å². The number of nitrogen functional groups attached to an aromatic ring is 1. The number of hydrogen-bond donors (Lipinski definition) is 2. The molecule has 86 valence electrons. The summed E-state index contributed by atoms with van der Waals surface area (Å²) in [6.45, 7) is 0.497. The van der Waals surface area contributed by atoms with Crippen LogP contribution in [-0.4, -0.2) is 24.5 Å². The minimum atomic E-state index is -0.399. The number of nitrogens with one attached hydrogen (secondary N) is 1. The first-order valence-electron chi connectivity index (χ1n) is 4.77.